The van der Waals surface area contributed by atoms with Crippen molar-refractivity contribution in [3.63, 3.8) is 0 Å². The molecule has 0 saturated carbocycles. The number of likely N-dealkylation sites (N-methyl/N-ethyl adjacent to an activating group) is 1. The van der Waals surface area contributed by atoms with Gasteiger partial charge in [0.1, 0.15) is 17.8 Å². The molecule has 0 bridgehead atoms. The van der Waals surface area contributed by atoms with Crippen molar-refractivity contribution in [2.75, 3.05) is 38.1 Å². The Labute approximate surface area is 140 Å². The number of hydrogen-bond acceptors (Lipinski definition) is 5. The number of carbonyl (C=O) groups excluding carboxylic acids is 1. The number of anilines is 1. The van der Waals surface area contributed by atoms with E-state index in [4.69, 9.17) is 0 Å². The maximum absolute atomic E-state index is 11.0. The first-order valence-corrected chi connectivity index (χ1v) is 8.08. The lowest BCUT2D eigenvalue weighted by atomic mass is 10.1. The average Bonchev–Trinajstić information content (AvgIpc) is 3.05. The molecule has 1 aliphatic heterocycles. The molecule has 0 radical (unpaired) electrons. The number of aromatic nitrogens is 3. The molecule has 1 aliphatic rings. The summed E-state index contributed by atoms with van der Waals surface area (Å²) >= 11 is 0. The molecule has 2 aromatic heterocycles. The van der Waals surface area contributed by atoms with Crippen molar-refractivity contribution in [1.82, 2.24) is 20.1 Å². The number of H-pyrrole nitrogens is 1. The third-order valence-corrected chi connectivity index (χ3v) is 4.57. The van der Waals surface area contributed by atoms with Gasteiger partial charge in [-0.1, -0.05) is 0 Å². The molecule has 1 aromatic carbocycles. The first-order chi connectivity index (χ1) is 11.7. The van der Waals surface area contributed by atoms with Crippen molar-refractivity contribution < 1.29 is 4.79 Å². The zero-order valence-electron chi connectivity index (χ0n) is 13.6. The van der Waals surface area contributed by atoms with Gasteiger partial charge >= 0.3 is 0 Å². The van der Waals surface area contributed by atoms with Gasteiger partial charge in [-0.25, -0.2) is 4.98 Å². The molecule has 1 N–H and O–H groups in total. The number of benzene rings is 1. The lowest BCUT2D eigenvalue weighted by Gasteiger charge is -2.33. The van der Waals surface area contributed by atoms with Crippen molar-refractivity contribution in [2.24, 2.45) is 0 Å². The SMILES string of the molecule is CN1CCN(c2ccc(-c3n[nH]c4ccc(C=O)cc34)cn2)CC1. The maximum Gasteiger partial charge on any atom is 0.150 e. The van der Waals surface area contributed by atoms with Crippen molar-refractivity contribution in [2.45, 2.75) is 0 Å². The zero-order valence-corrected chi connectivity index (χ0v) is 13.6. The van der Waals surface area contributed by atoms with Crippen LogP contribution < -0.4 is 4.90 Å². The van der Waals surface area contributed by atoms with Gasteiger partial charge in [0.25, 0.3) is 0 Å². The van der Waals surface area contributed by atoms with E-state index in [0.717, 1.165) is 60.4 Å². The summed E-state index contributed by atoms with van der Waals surface area (Å²) in [6.45, 7) is 4.11. The molecule has 0 unspecified atom stereocenters. The Kier molecular flexibility index (Phi) is 3.74. The van der Waals surface area contributed by atoms with Crippen LogP contribution in [-0.2, 0) is 0 Å². The Bertz CT molecular complexity index is 863. The molecule has 0 atom stereocenters. The van der Waals surface area contributed by atoms with E-state index >= 15 is 0 Å². The number of fused-ring (bicyclic) bond motifs is 1. The molecular formula is C18H19N5O. The zero-order chi connectivity index (χ0) is 16.5. The Balaban J connectivity index is 1.64. The highest BCUT2D eigenvalue weighted by molar-refractivity contribution is 5.96. The van der Waals surface area contributed by atoms with Crippen LogP contribution >= 0.6 is 0 Å². The highest BCUT2D eigenvalue weighted by Crippen LogP contribution is 2.27. The lowest BCUT2D eigenvalue weighted by Crippen LogP contribution is -2.44. The quantitative estimate of drug-likeness (QED) is 0.749. The smallest absolute Gasteiger partial charge is 0.150 e. The molecular weight excluding hydrogens is 302 g/mol. The third kappa shape index (κ3) is 2.65. The van der Waals surface area contributed by atoms with E-state index in [0.29, 0.717) is 5.56 Å². The number of hydrogen-bond donors (Lipinski definition) is 1. The molecule has 3 heterocycles. The van der Waals surface area contributed by atoms with Crippen molar-refractivity contribution in [1.29, 1.82) is 0 Å². The van der Waals surface area contributed by atoms with Gasteiger partial charge in [-0.05, 0) is 37.4 Å². The molecule has 6 nitrogen and oxygen atoms in total. The molecule has 0 spiro atoms. The summed E-state index contributed by atoms with van der Waals surface area (Å²) in [7, 11) is 2.14. The normalized spacial score (nSPS) is 15.8. The monoisotopic (exact) mass is 321 g/mol. The number of aldehydes is 1. The van der Waals surface area contributed by atoms with Crippen LogP contribution in [0.4, 0.5) is 5.82 Å². The fourth-order valence-corrected chi connectivity index (χ4v) is 3.07. The van der Waals surface area contributed by atoms with Gasteiger partial charge in [0.15, 0.2) is 0 Å². The minimum absolute atomic E-state index is 0.646. The topological polar surface area (TPSA) is 65.1 Å². The minimum atomic E-state index is 0.646. The van der Waals surface area contributed by atoms with Gasteiger partial charge in [-0.3, -0.25) is 9.89 Å². The Morgan fingerprint density at radius 2 is 1.96 bits per heavy atom. The Hall–Kier alpha value is -2.73. The number of nitrogens with one attached hydrogen (secondary N) is 1. The Morgan fingerprint density at radius 1 is 1.12 bits per heavy atom. The van der Waals surface area contributed by atoms with Gasteiger partial charge in [0.2, 0.25) is 0 Å². The first-order valence-electron chi connectivity index (χ1n) is 8.08. The van der Waals surface area contributed by atoms with E-state index in [1.807, 2.05) is 30.5 Å². The number of rotatable bonds is 3. The van der Waals surface area contributed by atoms with Crippen LogP contribution in [0, 0.1) is 0 Å². The molecule has 1 saturated heterocycles. The van der Waals surface area contributed by atoms with Gasteiger partial charge < -0.3 is 9.80 Å². The summed E-state index contributed by atoms with van der Waals surface area (Å²) in [6.07, 6.45) is 2.71. The summed E-state index contributed by atoms with van der Waals surface area (Å²) in [4.78, 5) is 20.3. The minimum Gasteiger partial charge on any atom is -0.354 e. The fraction of sp³-hybridized carbons (Fsp3) is 0.278. The average molecular weight is 321 g/mol. The second-order valence-electron chi connectivity index (χ2n) is 6.19. The number of carbonyl (C=O) groups is 1. The summed E-state index contributed by atoms with van der Waals surface area (Å²) < 4.78 is 0. The van der Waals surface area contributed by atoms with Gasteiger partial charge in [0.05, 0.1) is 5.52 Å². The molecule has 3 aromatic rings. The summed E-state index contributed by atoms with van der Waals surface area (Å²) in [6, 6.07) is 9.61. The predicted molar refractivity (Wildman–Crippen MR) is 94.4 cm³/mol. The predicted octanol–water partition coefficient (Wildman–Crippen LogP) is 2.19. The van der Waals surface area contributed by atoms with E-state index in [1.165, 1.54) is 0 Å². The van der Waals surface area contributed by atoms with Crippen LogP contribution in [0.15, 0.2) is 36.5 Å². The van der Waals surface area contributed by atoms with E-state index in [9.17, 15) is 4.79 Å². The van der Waals surface area contributed by atoms with Crippen molar-refractivity contribution in [3.05, 3.63) is 42.1 Å². The molecule has 4 rings (SSSR count). The summed E-state index contributed by atoms with van der Waals surface area (Å²) in [5.74, 6) is 1.00. The molecule has 1 fully saturated rings. The van der Waals surface area contributed by atoms with Crippen LogP contribution in [-0.4, -0.2) is 59.6 Å². The first kappa shape index (κ1) is 14.8. The standard InChI is InChI=1S/C18H19N5O/c1-22-6-8-23(9-7-22)17-5-3-14(11-19-17)18-15-10-13(12-24)2-4-16(15)20-21-18/h2-5,10-12H,6-9H2,1H3,(H,20,21). The summed E-state index contributed by atoms with van der Waals surface area (Å²) in [5.41, 5.74) is 3.33. The third-order valence-electron chi connectivity index (χ3n) is 4.57. The van der Waals surface area contributed by atoms with Crippen LogP contribution in [0.3, 0.4) is 0 Å². The van der Waals surface area contributed by atoms with E-state index in [2.05, 4.69) is 32.0 Å². The van der Waals surface area contributed by atoms with E-state index in [-0.39, 0.29) is 0 Å². The second kappa shape index (κ2) is 6.05. The second-order valence-corrected chi connectivity index (χ2v) is 6.19. The van der Waals surface area contributed by atoms with Crippen molar-refractivity contribution >= 4 is 23.0 Å². The molecule has 122 valence electrons. The van der Waals surface area contributed by atoms with Gasteiger partial charge in [0, 0.05) is 48.9 Å². The number of aromatic amines is 1. The highest BCUT2D eigenvalue weighted by atomic mass is 16.1. The number of nitrogens with zero attached hydrogens (tertiary/aromatic N) is 4. The lowest BCUT2D eigenvalue weighted by molar-refractivity contribution is 0.112. The largest absolute Gasteiger partial charge is 0.354 e. The highest BCUT2D eigenvalue weighted by Gasteiger charge is 2.16. The molecule has 0 amide bonds. The fourth-order valence-electron chi connectivity index (χ4n) is 3.07. The number of pyridine rings is 1. The molecule has 0 aliphatic carbocycles. The van der Waals surface area contributed by atoms with Gasteiger partial charge in [-0.15, -0.1) is 0 Å². The number of piperazine rings is 1. The summed E-state index contributed by atoms with van der Waals surface area (Å²) in [5, 5.41) is 8.34. The van der Waals surface area contributed by atoms with E-state index in [1.54, 1.807) is 6.07 Å². The Morgan fingerprint density at radius 3 is 2.67 bits per heavy atom. The molecule has 24 heavy (non-hydrogen) atoms. The van der Waals surface area contributed by atoms with E-state index < -0.39 is 0 Å². The van der Waals surface area contributed by atoms with Crippen molar-refractivity contribution in [3.8, 4) is 11.3 Å². The van der Waals surface area contributed by atoms with Crippen LogP contribution in [0.2, 0.25) is 0 Å². The van der Waals surface area contributed by atoms with Crippen LogP contribution in [0.1, 0.15) is 10.4 Å². The van der Waals surface area contributed by atoms with Gasteiger partial charge in [-0.2, -0.15) is 5.10 Å². The van der Waals surface area contributed by atoms with Crippen LogP contribution in [0.5, 0.6) is 0 Å². The molecule has 6 heteroatoms. The van der Waals surface area contributed by atoms with Crippen LogP contribution in [0.25, 0.3) is 22.2 Å². The maximum atomic E-state index is 11.0.